The highest BCUT2D eigenvalue weighted by molar-refractivity contribution is 5.94. The zero-order chi connectivity index (χ0) is 13.7. The molecule has 1 aliphatic rings. The minimum atomic E-state index is -0.411. The van der Waals surface area contributed by atoms with E-state index in [9.17, 15) is 4.79 Å². The lowest BCUT2D eigenvalue weighted by Crippen LogP contribution is -2.28. The molecule has 0 aromatic heterocycles. The van der Waals surface area contributed by atoms with Gasteiger partial charge in [0.05, 0.1) is 18.9 Å². The topological polar surface area (TPSA) is 70.8 Å². The number of ether oxygens (including phenoxy) is 3. The van der Waals surface area contributed by atoms with Gasteiger partial charge in [-0.1, -0.05) is 6.07 Å². The Balaban J connectivity index is 2.11. The van der Waals surface area contributed by atoms with Crippen molar-refractivity contribution < 1.29 is 19.0 Å². The monoisotopic (exact) mass is 265 g/mol. The van der Waals surface area contributed by atoms with E-state index in [4.69, 9.17) is 19.9 Å². The first kappa shape index (κ1) is 13.7. The second-order valence-electron chi connectivity index (χ2n) is 4.40. The number of hydrogen-bond acceptors (Lipinski definition) is 5. The van der Waals surface area contributed by atoms with Crippen LogP contribution >= 0.6 is 0 Å². The van der Waals surface area contributed by atoms with Crippen molar-refractivity contribution in [2.75, 3.05) is 25.6 Å². The van der Waals surface area contributed by atoms with Crippen LogP contribution in [0.2, 0.25) is 0 Å². The Kier molecular flexibility index (Phi) is 4.63. The number of para-hydroxylation sites is 1. The SMILES string of the molecule is CCOc1c(N)cccc1C(=O)OC1CCCOC1. The summed E-state index contributed by atoms with van der Waals surface area (Å²) in [7, 11) is 0. The lowest BCUT2D eigenvalue weighted by Gasteiger charge is -2.22. The van der Waals surface area contributed by atoms with Gasteiger partial charge in [-0.2, -0.15) is 0 Å². The molecule has 0 spiro atoms. The van der Waals surface area contributed by atoms with E-state index >= 15 is 0 Å². The molecule has 0 saturated carbocycles. The average molecular weight is 265 g/mol. The number of benzene rings is 1. The Morgan fingerprint density at radius 2 is 2.37 bits per heavy atom. The molecule has 0 radical (unpaired) electrons. The molecule has 1 unspecified atom stereocenters. The molecule has 19 heavy (non-hydrogen) atoms. The Morgan fingerprint density at radius 1 is 1.53 bits per heavy atom. The lowest BCUT2D eigenvalue weighted by atomic mass is 10.1. The van der Waals surface area contributed by atoms with E-state index in [-0.39, 0.29) is 6.10 Å². The molecule has 2 N–H and O–H groups in total. The molecule has 1 saturated heterocycles. The van der Waals surface area contributed by atoms with E-state index in [0.29, 0.717) is 30.2 Å². The first-order valence-corrected chi connectivity index (χ1v) is 6.52. The number of esters is 1. The van der Waals surface area contributed by atoms with Crippen LogP contribution < -0.4 is 10.5 Å². The van der Waals surface area contributed by atoms with Crippen LogP contribution in [0, 0.1) is 0 Å². The minimum absolute atomic E-state index is 0.183. The van der Waals surface area contributed by atoms with E-state index in [2.05, 4.69) is 0 Å². The van der Waals surface area contributed by atoms with Gasteiger partial charge in [0.1, 0.15) is 11.7 Å². The Hall–Kier alpha value is -1.75. The van der Waals surface area contributed by atoms with Gasteiger partial charge in [-0.25, -0.2) is 4.79 Å². The van der Waals surface area contributed by atoms with Crippen LogP contribution in [0.15, 0.2) is 18.2 Å². The summed E-state index contributed by atoms with van der Waals surface area (Å²) in [4.78, 5) is 12.1. The van der Waals surface area contributed by atoms with Crippen molar-refractivity contribution in [3.63, 3.8) is 0 Å². The van der Waals surface area contributed by atoms with Gasteiger partial charge in [-0.3, -0.25) is 0 Å². The van der Waals surface area contributed by atoms with Crippen molar-refractivity contribution in [2.24, 2.45) is 0 Å². The number of nitrogen functional groups attached to an aromatic ring is 1. The fourth-order valence-corrected chi connectivity index (χ4v) is 2.04. The van der Waals surface area contributed by atoms with Crippen molar-refractivity contribution in [3.8, 4) is 5.75 Å². The van der Waals surface area contributed by atoms with Crippen LogP contribution in [0.3, 0.4) is 0 Å². The normalized spacial score (nSPS) is 18.9. The summed E-state index contributed by atoms with van der Waals surface area (Å²) in [5.74, 6) is -0.0158. The highest BCUT2D eigenvalue weighted by Gasteiger charge is 2.22. The molecule has 1 heterocycles. The van der Waals surface area contributed by atoms with Gasteiger partial charge in [0.25, 0.3) is 0 Å². The van der Waals surface area contributed by atoms with Gasteiger partial charge in [-0.15, -0.1) is 0 Å². The first-order chi connectivity index (χ1) is 9.22. The van der Waals surface area contributed by atoms with E-state index in [1.165, 1.54) is 0 Å². The van der Waals surface area contributed by atoms with Crippen molar-refractivity contribution in [1.29, 1.82) is 0 Å². The molecule has 0 aliphatic carbocycles. The van der Waals surface area contributed by atoms with Crippen LogP contribution in [-0.4, -0.2) is 31.9 Å². The van der Waals surface area contributed by atoms with Gasteiger partial charge < -0.3 is 19.9 Å². The van der Waals surface area contributed by atoms with Crippen molar-refractivity contribution >= 4 is 11.7 Å². The largest absolute Gasteiger partial charge is 0.491 e. The third-order valence-corrected chi connectivity index (χ3v) is 2.95. The molecule has 0 amide bonds. The maximum Gasteiger partial charge on any atom is 0.342 e. The smallest absolute Gasteiger partial charge is 0.342 e. The summed E-state index contributed by atoms with van der Waals surface area (Å²) < 4.78 is 16.1. The summed E-state index contributed by atoms with van der Waals surface area (Å²) in [6.45, 7) is 3.48. The van der Waals surface area contributed by atoms with E-state index < -0.39 is 5.97 Å². The summed E-state index contributed by atoms with van der Waals surface area (Å²) in [5, 5.41) is 0. The van der Waals surface area contributed by atoms with Crippen molar-refractivity contribution in [1.82, 2.24) is 0 Å². The third-order valence-electron chi connectivity index (χ3n) is 2.95. The second-order valence-corrected chi connectivity index (χ2v) is 4.40. The number of anilines is 1. The number of rotatable bonds is 4. The average Bonchev–Trinajstić information content (AvgIpc) is 2.42. The Labute approximate surface area is 112 Å². The summed E-state index contributed by atoms with van der Waals surface area (Å²) in [6, 6.07) is 5.07. The Bertz CT molecular complexity index is 441. The minimum Gasteiger partial charge on any atom is -0.491 e. The number of hydrogen-bond donors (Lipinski definition) is 1. The van der Waals surface area contributed by atoms with Gasteiger partial charge in [0, 0.05) is 6.61 Å². The Morgan fingerprint density at radius 3 is 3.05 bits per heavy atom. The molecule has 1 atom stereocenters. The maximum absolute atomic E-state index is 12.1. The summed E-state index contributed by atoms with van der Waals surface area (Å²) >= 11 is 0. The molecule has 0 bridgehead atoms. The second kappa shape index (κ2) is 6.43. The van der Waals surface area contributed by atoms with E-state index in [1.54, 1.807) is 18.2 Å². The van der Waals surface area contributed by atoms with Gasteiger partial charge in [0.15, 0.2) is 5.75 Å². The van der Waals surface area contributed by atoms with E-state index in [0.717, 1.165) is 19.4 Å². The predicted molar refractivity (Wildman–Crippen MR) is 71.3 cm³/mol. The van der Waals surface area contributed by atoms with Crippen LogP contribution in [0.25, 0.3) is 0 Å². The van der Waals surface area contributed by atoms with Crippen LogP contribution in [0.4, 0.5) is 5.69 Å². The number of carbonyl (C=O) groups excluding carboxylic acids is 1. The van der Waals surface area contributed by atoms with E-state index in [1.807, 2.05) is 6.92 Å². The lowest BCUT2D eigenvalue weighted by molar-refractivity contribution is -0.0307. The van der Waals surface area contributed by atoms with Crippen LogP contribution in [-0.2, 0) is 9.47 Å². The van der Waals surface area contributed by atoms with Gasteiger partial charge in [-0.05, 0) is 31.9 Å². The van der Waals surface area contributed by atoms with Gasteiger partial charge in [0.2, 0.25) is 0 Å². The molecule has 1 aromatic carbocycles. The molecule has 104 valence electrons. The van der Waals surface area contributed by atoms with Gasteiger partial charge >= 0.3 is 5.97 Å². The molecule has 1 fully saturated rings. The summed E-state index contributed by atoms with van der Waals surface area (Å²) in [6.07, 6.45) is 1.56. The van der Waals surface area contributed by atoms with Crippen LogP contribution in [0.5, 0.6) is 5.75 Å². The first-order valence-electron chi connectivity index (χ1n) is 6.52. The third kappa shape index (κ3) is 3.38. The standard InChI is InChI=1S/C14H19NO4/c1-2-18-13-11(6-3-7-12(13)15)14(16)19-10-5-4-8-17-9-10/h3,6-7,10H,2,4-5,8-9,15H2,1H3. The predicted octanol–water partition coefficient (Wildman–Crippen LogP) is 2.00. The zero-order valence-corrected chi connectivity index (χ0v) is 11.1. The fourth-order valence-electron chi connectivity index (χ4n) is 2.04. The molecule has 5 nitrogen and oxygen atoms in total. The fraction of sp³-hybridized carbons (Fsp3) is 0.500. The molecule has 5 heteroatoms. The molecule has 2 rings (SSSR count). The molecule has 1 aliphatic heterocycles. The quantitative estimate of drug-likeness (QED) is 0.666. The highest BCUT2D eigenvalue weighted by Crippen LogP contribution is 2.27. The molecular formula is C14H19NO4. The molecular weight excluding hydrogens is 246 g/mol. The number of nitrogens with two attached hydrogens (primary N) is 1. The zero-order valence-electron chi connectivity index (χ0n) is 11.1. The van der Waals surface area contributed by atoms with Crippen molar-refractivity contribution in [3.05, 3.63) is 23.8 Å². The molecule has 1 aromatic rings. The number of carbonyl (C=O) groups is 1. The van der Waals surface area contributed by atoms with Crippen molar-refractivity contribution in [2.45, 2.75) is 25.9 Å². The maximum atomic E-state index is 12.1. The van der Waals surface area contributed by atoms with Crippen LogP contribution in [0.1, 0.15) is 30.1 Å². The summed E-state index contributed by atoms with van der Waals surface area (Å²) in [5.41, 5.74) is 6.63. The highest BCUT2D eigenvalue weighted by atomic mass is 16.6.